The second kappa shape index (κ2) is 10.9. The fourth-order valence-electron chi connectivity index (χ4n) is 3.14. The third-order valence-corrected chi connectivity index (χ3v) is 6.60. The van der Waals surface area contributed by atoms with Gasteiger partial charge >= 0.3 is 0 Å². The molecule has 2 heterocycles. The van der Waals surface area contributed by atoms with Crippen molar-refractivity contribution < 1.29 is 9.59 Å². The Kier molecular flexibility index (Phi) is 7.48. The van der Waals surface area contributed by atoms with E-state index >= 15 is 0 Å². The molecule has 33 heavy (non-hydrogen) atoms. The van der Waals surface area contributed by atoms with Gasteiger partial charge in [0.15, 0.2) is 0 Å². The topological polar surface area (TPSA) is 102 Å². The molecule has 4 aromatic rings. The number of hydrogen-bond donors (Lipinski definition) is 2. The SMILES string of the molecule is Cc1cccc(NC(=O)c2ccccc2NC(=O)CSc2nnnn2CCc2cccs2)c1. The number of aryl methyl sites for hydroxylation is 3. The fourth-order valence-corrected chi connectivity index (χ4v) is 4.54. The van der Waals surface area contributed by atoms with Gasteiger partial charge in [0.05, 0.1) is 23.5 Å². The van der Waals surface area contributed by atoms with E-state index in [-0.39, 0.29) is 17.6 Å². The molecule has 0 spiro atoms. The summed E-state index contributed by atoms with van der Waals surface area (Å²) in [5.74, 6) is -0.419. The quantitative estimate of drug-likeness (QED) is 0.349. The summed E-state index contributed by atoms with van der Waals surface area (Å²) in [5, 5.41) is 20.1. The third-order valence-electron chi connectivity index (χ3n) is 4.70. The van der Waals surface area contributed by atoms with Crippen LogP contribution in [-0.2, 0) is 17.8 Å². The first kappa shape index (κ1) is 22.7. The average molecular weight is 479 g/mol. The highest BCUT2D eigenvalue weighted by molar-refractivity contribution is 7.99. The highest BCUT2D eigenvalue weighted by Crippen LogP contribution is 2.20. The molecule has 2 amide bonds. The zero-order valence-electron chi connectivity index (χ0n) is 17.9. The van der Waals surface area contributed by atoms with Gasteiger partial charge in [-0.3, -0.25) is 9.59 Å². The van der Waals surface area contributed by atoms with Crippen molar-refractivity contribution in [2.75, 3.05) is 16.4 Å². The van der Waals surface area contributed by atoms with Gasteiger partial charge in [-0.25, -0.2) is 4.68 Å². The number of tetrazole rings is 1. The van der Waals surface area contributed by atoms with Crippen LogP contribution in [0.2, 0.25) is 0 Å². The molecule has 10 heteroatoms. The first-order valence-electron chi connectivity index (χ1n) is 10.3. The predicted molar refractivity (Wildman–Crippen MR) is 131 cm³/mol. The number of hydrogen-bond acceptors (Lipinski definition) is 7. The monoisotopic (exact) mass is 478 g/mol. The van der Waals surface area contributed by atoms with Gasteiger partial charge in [-0.05, 0) is 58.6 Å². The van der Waals surface area contributed by atoms with E-state index in [1.807, 2.05) is 42.6 Å². The van der Waals surface area contributed by atoms with Crippen molar-refractivity contribution >= 4 is 46.3 Å². The van der Waals surface area contributed by atoms with E-state index in [0.29, 0.717) is 28.6 Å². The summed E-state index contributed by atoms with van der Waals surface area (Å²) in [5.41, 5.74) is 2.58. The number of nitrogens with zero attached hydrogens (tertiary/aromatic N) is 4. The molecule has 168 valence electrons. The summed E-state index contributed by atoms with van der Waals surface area (Å²) in [6, 6.07) is 18.6. The Labute approximate surface area is 199 Å². The number of amides is 2. The van der Waals surface area contributed by atoms with Crippen molar-refractivity contribution in [2.45, 2.75) is 25.0 Å². The van der Waals surface area contributed by atoms with Gasteiger partial charge in [0.2, 0.25) is 11.1 Å². The van der Waals surface area contributed by atoms with Crippen LogP contribution in [0.15, 0.2) is 71.2 Å². The molecule has 0 saturated heterocycles. The van der Waals surface area contributed by atoms with Gasteiger partial charge < -0.3 is 10.6 Å². The molecular formula is C23H22N6O2S2. The van der Waals surface area contributed by atoms with Gasteiger partial charge in [-0.15, -0.1) is 16.4 Å². The maximum Gasteiger partial charge on any atom is 0.257 e. The van der Waals surface area contributed by atoms with Crippen molar-refractivity contribution in [3.8, 4) is 0 Å². The van der Waals surface area contributed by atoms with Gasteiger partial charge in [-0.1, -0.05) is 42.1 Å². The predicted octanol–water partition coefficient (Wildman–Crippen LogP) is 4.27. The minimum atomic E-state index is -0.290. The highest BCUT2D eigenvalue weighted by atomic mass is 32.2. The first-order valence-corrected chi connectivity index (χ1v) is 12.1. The Morgan fingerprint density at radius 3 is 2.76 bits per heavy atom. The molecule has 0 fully saturated rings. The Morgan fingerprint density at radius 2 is 1.94 bits per heavy atom. The summed E-state index contributed by atoms with van der Waals surface area (Å²) in [6.07, 6.45) is 0.825. The van der Waals surface area contributed by atoms with Crippen LogP contribution >= 0.6 is 23.1 Å². The molecule has 8 nitrogen and oxygen atoms in total. The van der Waals surface area contributed by atoms with E-state index in [1.165, 1.54) is 16.6 Å². The summed E-state index contributed by atoms with van der Waals surface area (Å²) < 4.78 is 1.70. The van der Waals surface area contributed by atoms with E-state index in [9.17, 15) is 9.59 Å². The van der Waals surface area contributed by atoms with Crippen molar-refractivity contribution in [1.29, 1.82) is 0 Å². The van der Waals surface area contributed by atoms with Crippen LogP contribution in [0, 0.1) is 6.92 Å². The molecule has 0 unspecified atom stereocenters. The van der Waals surface area contributed by atoms with E-state index in [0.717, 1.165) is 12.0 Å². The Bertz CT molecular complexity index is 1240. The molecule has 4 rings (SSSR count). The lowest BCUT2D eigenvalue weighted by Crippen LogP contribution is -2.19. The van der Waals surface area contributed by atoms with Gasteiger partial charge in [-0.2, -0.15) is 0 Å². The van der Waals surface area contributed by atoms with E-state index in [4.69, 9.17) is 0 Å². The number of carbonyl (C=O) groups excluding carboxylic acids is 2. The van der Waals surface area contributed by atoms with Crippen molar-refractivity contribution in [3.63, 3.8) is 0 Å². The van der Waals surface area contributed by atoms with Gasteiger partial charge in [0.1, 0.15) is 0 Å². The molecule has 0 aliphatic carbocycles. The second-order valence-corrected chi connectivity index (χ2v) is 9.19. The minimum absolute atomic E-state index is 0.118. The smallest absolute Gasteiger partial charge is 0.257 e. The number of rotatable bonds is 9. The zero-order chi connectivity index (χ0) is 23.0. The first-order chi connectivity index (χ1) is 16.1. The summed E-state index contributed by atoms with van der Waals surface area (Å²) in [6.45, 7) is 2.60. The van der Waals surface area contributed by atoms with Crippen LogP contribution in [0.4, 0.5) is 11.4 Å². The molecule has 0 atom stereocenters. The molecule has 0 bridgehead atoms. The zero-order valence-corrected chi connectivity index (χ0v) is 19.5. The minimum Gasteiger partial charge on any atom is -0.325 e. The number of thioether (sulfide) groups is 1. The van der Waals surface area contributed by atoms with Gasteiger partial charge in [0.25, 0.3) is 5.91 Å². The summed E-state index contributed by atoms with van der Waals surface area (Å²) in [4.78, 5) is 26.6. The molecule has 0 aliphatic rings. The van der Waals surface area contributed by atoms with E-state index < -0.39 is 0 Å². The van der Waals surface area contributed by atoms with Crippen molar-refractivity contribution in [2.24, 2.45) is 0 Å². The Hall–Kier alpha value is -3.50. The molecular weight excluding hydrogens is 456 g/mol. The van der Waals surface area contributed by atoms with E-state index in [2.05, 4.69) is 32.2 Å². The number of aromatic nitrogens is 4. The number of nitrogens with one attached hydrogen (secondary N) is 2. The lowest BCUT2D eigenvalue weighted by molar-refractivity contribution is -0.113. The number of carbonyl (C=O) groups is 2. The number of para-hydroxylation sites is 1. The van der Waals surface area contributed by atoms with Gasteiger partial charge in [0, 0.05) is 17.0 Å². The lowest BCUT2D eigenvalue weighted by Gasteiger charge is -2.12. The average Bonchev–Trinajstić information content (AvgIpc) is 3.48. The van der Waals surface area contributed by atoms with Crippen LogP contribution in [0.5, 0.6) is 0 Å². The number of thiophene rings is 1. The highest BCUT2D eigenvalue weighted by Gasteiger charge is 2.15. The van der Waals surface area contributed by atoms with Crippen LogP contribution in [0.25, 0.3) is 0 Å². The molecule has 0 saturated carbocycles. The summed E-state index contributed by atoms with van der Waals surface area (Å²) in [7, 11) is 0. The number of benzene rings is 2. The molecule has 2 aromatic carbocycles. The van der Waals surface area contributed by atoms with Crippen molar-refractivity contribution in [3.05, 3.63) is 82.0 Å². The van der Waals surface area contributed by atoms with E-state index in [1.54, 1.807) is 40.3 Å². The van der Waals surface area contributed by atoms with Crippen LogP contribution in [0.1, 0.15) is 20.8 Å². The normalized spacial score (nSPS) is 10.7. The molecule has 0 aliphatic heterocycles. The largest absolute Gasteiger partial charge is 0.325 e. The maximum atomic E-state index is 12.8. The molecule has 2 N–H and O–H groups in total. The Morgan fingerprint density at radius 1 is 1.06 bits per heavy atom. The standard InChI is InChI=1S/C23H22N6O2S2/c1-16-6-4-7-17(14-16)24-22(31)19-9-2-3-10-20(19)25-21(30)15-33-23-26-27-28-29(23)12-11-18-8-5-13-32-18/h2-10,13-14H,11-12,15H2,1H3,(H,24,31)(H,25,30). The third kappa shape index (κ3) is 6.27. The lowest BCUT2D eigenvalue weighted by atomic mass is 10.1. The molecule has 2 aromatic heterocycles. The van der Waals surface area contributed by atoms with Crippen LogP contribution < -0.4 is 10.6 Å². The fraction of sp³-hybridized carbons (Fsp3) is 0.174. The number of anilines is 2. The Balaban J connectivity index is 1.35. The second-order valence-electron chi connectivity index (χ2n) is 7.22. The molecule has 0 radical (unpaired) electrons. The maximum absolute atomic E-state index is 12.8. The van der Waals surface area contributed by atoms with Crippen LogP contribution in [0.3, 0.4) is 0 Å². The summed E-state index contributed by atoms with van der Waals surface area (Å²) >= 11 is 2.94. The van der Waals surface area contributed by atoms with Crippen LogP contribution in [-0.4, -0.2) is 37.8 Å². The van der Waals surface area contributed by atoms with Crippen molar-refractivity contribution in [1.82, 2.24) is 20.2 Å².